The van der Waals surface area contributed by atoms with E-state index in [1.54, 1.807) is 5.01 Å². The second-order valence-electron chi connectivity index (χ2n) is 5.39. The summed E-state index contributed by atoms with van der Waals surface area (Å²) in [4.78, 5) is 28.4. The number of nitrogens with one attached hydrogen (secondary N) is 1. The lowest BCUT2D eigenvalue weighted by Crippen LogP contribution is -2.40. The van der Waals surface area contributed by atoms with Crippen molar-refractivity contribution < 1.29 is 24.1 Å². The smallest absolute Gasteiger partial charge is 0.434 e. The van der Waals surface area contributed by atoms with Crippen molar-refractivity contribution in [1.29, 1.82) is 0 Å². The fourth-order valence-corrected chi connectivity index (χ4v) is 1.65. The molecule has 8 heteroatoms. The molecule has 1 N–H and O–H groups in total. The van der Waals surface area contributed by atoms with Crippen molar-refractivity contribution >= 4 is 6.16 Å². The molecule has 1 heterocycles. The molecule has 0 saturated carbocycles. The largest absolute Gasteiger partial charge is 0.508 e. The molecule has 1 saturated heterocycles. The highest BCUT2D eigenvalue weighted by atomic mass is 16.7. The monoisotopic (exact) mass is 304 g/mol. The molecule has 1 fully saturated rings. The van der Waals surface area contributed by atoms with Gasteiger partial charge < -0.3 is 9.47 Å². The van der Waals surface area contributed by atoms with Crippen molar-refractivity contribution in [3.05, 3.63) is 4.91 Å². The molecule has 1 aliphatic rings. The Labute approximate surface area is 125 Å². The standard InChI is InChI=1S/C13H26N3O5/c1-11(2)12(3)21-13(17)19-9-6-10-20-14-16(18)15-7-4-5-8-15/h11-12H,4-10H2,1-3H3,(H,14,18)/q+1. The molecular weight excluding hydrogens is 278 g/mol. The van der Waals surface area contributed by atoms with E-state index in [0.717, 1.165) is 25.9 Å². The summed E-state index contributed by atoms with van der Waals surface area (Å²) in [5.74, 6) is 0.249. The first-order valence-electron chi connectivity index (χ1n) is 7.43. The van der Waals surface area contributed by atoms with Crippen LogP contribution >= 0.6 is 0 Å². The van der Waals surface area contributed by atoms with Crippen LogP contribution in [-0.2, 0) is 14.3 Å². The third-order valence-electron chi connectivity index (χ3n) is 3.31. The molecule has 0 amide bonds. The van der Waals surface area contributed by atoms with Crippen LogP contribution in [0.2, 0.25) is 0 Å². The second-order valence-corrected chi connectivity index (χ2v) is 5.39. The Hall–Kier alpha value is -1.57. The molecule has 0 aliphatic carbocycles. The van der Waals surface area contributed by atoms with E-state index in [4.69, 9.17) is 14.3 Å². The summed E-state index contributed by atoms with van der Waals surface area (Å²) in [6, 6.07) is 0. The molecule has 1 unspecified atom stereocenters. The SMILES string of the molecule is CC(C)C(C)OC(=O)OCCCON[N+](=O)N1CCCC1. The van der Waals surface area contributed by atoms with Gasteiger partial charge in [0.15, 0.2) is 0 Å². The number of hydrogen-bond donors (Lipinski definition) is 1. The van der Waals surface area contributed by atoms with E-state index >= 15 is 0 Å². The van der Waals surface area contributed by atoms with Crippen LogP contribution in [0, 0.1) is 10.8 Å². The molecule has 0 radical (unpaired) electrons. The Bertz CT molecular complexity index is 332. The summed E-state index contributed by atoms with van der Waals surface area (Å²) >= 11 is 0. The summed E-state index contributed by atoms with van der Waals surface area (Å²) in [5.41, 5.74) is 2.29. The highest BCUT2D eigenvalue weighted by Crippen LogP contribution is 2.07. The van der Waals surface area contributed by atoms with Crippen molar-refractivity contribution in [2.45, 2.75) is 46.1 Å². The van der Waals surface area contributed by atoms with Crippen LogP contribution in [0.25, 0.3) is 0 Å². The van der Waals surface area contributed by atoms with Crippen molar-refractivity contribution in [3.8, 4) is 0 Å². The van der Waals surface area contributed by atoms with E-state index in [1.165, 1.54) is 0 Å². The van der Waals surface area contributed by atoms with Gasteiger partial charge in [0.2, 0.25) is 0 Å². The molecule has 21 heavy (non-hydrogen) atoms. The lowest BCUT2D eigenvalue weighted by atomic mass is 10.1. The predicted octanol–water partition coefficient (Wildman–Crippen LogP) is 1.80. The van der Waals surface area contributed by atoms with Gasteiger partial charge in [-0.3, -0.25) is 0 Å². The summed E-state index contributed by atoms with van der Waals surface area (Å²) in [7, 11) is 0. The Morgan fingerprint density at radius 2 is 1.90 bits per heavy atom. The van der Waals surface area contributed by atoms with E-state index in [-0.39, 0.29) is 25.2 Å². The molecule has 0 bridgehead atoms. The van der Waals surface area contributed by atoms with Crippen LogP contribution in [0.4, 0.5) is 4.79 Å². The van der Waals surface area contributed by atoms with Gasteiger partial charge >= 0.3 is 6.16 Å². The number of nitrogens with zero attached hydrogens (tertiary/aromatic N) is 2. The Kier molecular flexibility index (Phi) is 7.81. The number of nitroso groups, excluding NO2 is 1. The Morgan fingerprint density at radius 1 is 1.24 bits per heavy atom. The van der Waals surface area contributed by atoms with Crippen molar-refractivity contribution in [1.82, 2.24) is 10.6 Å². The summed E-state index contributed by atoms with van der Waals surface area (Å²) in [6.45, 7) is 7.68. The molecule has 8 nitrogen and oxygen atoms in total. The van der Waals surface area contributed by atoms with Gasteiger partial charge in [0.1, 0.15) is 6.10 Å². The van der Waals surface area contributed by atoms with Crippen LogP contribution in [0.3, 0.4) is 0 Å². The van der Waals surface area contributed by atoms with E-state index in [0.29, 0.717) is 11.4 Å². The van der Waals surface area contributed by atoms with Crippen molar-refractivity contribution in [2.24, 2.45) is 5.92 Å². The van der Waals surface area contributed by atoms with E-state index in [9.17, 15) is 9.70 Å². The topological polar surface area (TPSA) is 80.1 Å². The number of hydrazine groups is 2. The first kappa shape index (κ1) is 17.5. The number of carbonyl (C=O) groups is 1. The van der Waals surface area contributed by atoms with Crippen LogP contribution in [0.5, 0.6) is 0 Å². The minimum atomic E-state index is -0.674. The van der Waals surface area contributed by atoms with Gasteiger partial charge in [0, 0.05) is 12.0 Å². The molecule has 0 spiro atoms. The second kappa shape index (κ2) is 9.38. The maximum atomic E-state index is 11.5. The quantitative estimate of drug-likeness (QED) is 0.301. The fraction of sp³-hybridized carbons (Fsp3) is 0.923. The van der Waals surface area contributed by atoms with E-state index in [2.05, 4.69) is 5.59 Å². The first-order chi connectivity index (χ1) is 10.0. The highest BCUT2D eigenvalue weighted by molar-refractivity contribution is 5.60. The van der Waals surface area contributed by atoms with Gasteiger partial charge in [-0.2, -0.15) is 0 Å². The zero-order valence-electron chi connectivity index (χ0n) is 13.0. The van der Waals surface area contributed by atoms with E-state index < -0.39 is 6.16 Å². The molecule has 122 valence electrons. The normalized spacial score (nSPS) is 15.9. The number of carbonyl (C=O) groups excluding carboxylic acids is 1. The summed E-state index contributed by atoms with van der Waals surface area (Å²) in [6.07, 6.45) is 1.67. The first-order valence-corrected chi connectivity index (χ1v) is 7.43. The molecule has 0 aromatic heterocycles. The molecule has 0 aromatic carbocycles. The third kappa shape index (κ3) is 7.12. The van der Waals surface area contributed by atoms with Crippen LogP contribution in [0.15, 0.2) is 0 Å². The van der Waals surface area contributed by atoms with Gasteiger partial charge in [0.05, 0.1) is 31.2 Å². The minimum Gasteiger partial charge on any atom is -0.434 e. The zero-order chi connectivity index (χ0) is 15.7. The van der Waals surface area contributed by atoms with Gasteiger partial charge in [-0.05, 0) is 25.7 Å². The zero-order valence-corrected chi connectivity index (χ0v) is 13.0. The minimum absolute atomic E-state index is 0.176. The molecule has 0 aromatic rings. The maximum Gasteiger partial charge on any atom is 0.508 e. The highest BCUT2D eigenvalue weighted by Gasteiger charge is 2.24. The average Bonchev–Trinajstić information content (AvgIpc) is 2.96. The van der Waals surface area contributed by atoms with Crippen LogP contribution in [-0.4, -0.2) is 48.5 Å². The summed E-state index contributed by atoms with van der Waals surface area (Å²) < 4.78 is 9.94. The van der Waals surface area contributed by atoms with Crippen LogP contribution < -0.4 is 5.59 Å². The van der Waals surface area contributed by atoms with Crippen molar-refractivity contribution in [2.75, 3.05) is 26.3 Å². The van der Waals surface area contributed by atoms with Crippen molar-refractivity contribution in [3.63, 3.8) is 0 Å². The van der Waals surface area contributed by atoms with Crippen LogP contribution in [0.1, 0.15) is 40.0 Å². The third-order valence-corrected chi connectivity index (χ3v) is 3.31. The Morgan fingerprint density at radius 3 is 2.52 bits per heavy atom. The Balaban J connectivity index is 1.96. The van der Waals surface area contributed by atoms with Gasteiger partial charge in [0.25, 0.3) is 4.98 Å². The molecule has 1 aliphatic heterocycles. The summed E-state index contributed by atoms with van der Waals surface area (Å²) in [5, 5.41) is 1.63. The maximum absolute atomic E-state index is 11.5. The number of rotatable bonds is 9. The lowest BCUT2D eigenvalue weighted by molar-refractivity contribution is -0.786. The van der Waals surface area contributed by atoms with Gasteiger partial charge in [-0.25, -0.2) is 9.63 Å². The van der Waals surface area contributed by atoms with Gasteiger partial charge in [-0.15, -0.1) is 5.01 Å². The lowest BCUT2D eigenvalue weighted by Gasteiger charge is -2.15. The van der Waals surface area contributed by atoms with Gasteiger partial charge in [-0.1, -0.05) is 13.8 Å². The predicted molar refractivity (Wildman–Crippen MR) is 74.9 cm³/mol. The molecule has 1 rings (SSSR count). The average molecular weight is 304 g/mol. The molecule has 1 atom stereocenters. The molecular formula is C13H26N3O5+. The number of ether oxygens (including phenoxy) is 2. The fourth-order valence-electron chi connectivity index (χ4n) is 1.65. The number of hydrogen-bond acceptors (Lipinski definition) is 5. The van der Waals surface area contributed by atoms with E-state index in [1.807, 2.05) is 20.8 Å².